The maximum absolute atomic E-state index is 10.5. The molecule has 2 heterocycles. The topological polar surface area (TPSA) is 40.8 Å². The fraction of sp³-hybridized carbons (Fsp3) is 0.143. The Bertz CT molecular complexity index is 1900. The van der Waals surface area contributed by atoms with Crippen molar-refractivity contribution in [2.45, 2.75) is 24.2 Å². The number of hydrogen-bond donors (Lipinski definition) is 0. The second kappa shape index (κ2) is 9.56. The van der Waals surface area contributed by atoms with E-state index in [-0.39, 0.29) is 0 Å². The van der Waals surface area contributed by atoms with Gasteiger partial charge in [-0.3, -0.25) is 0 Å². The van der Waals surface area contributed by atoms with Gasteiger partial charge in [0.25, 0.3) is 0 Å². The predicted octanol–water partition coefficient (Wildman–Crippen LogP) is 8.14. The van der Waals surface area contributed by atoms with Crippen LogP contribution < -0.4 is 8.96 Å². The zero-order chi connectivity index (χ0) is 27.3. The molecule has 0 radical (unpaired) electrons. The molecule has 6 rings (SSSR count). The van der Waals surface area contributed by atoms with Crippen LogP contribution in [0.2, 0.25) is 17.3 Å². The third kappa shape index (κ3) is 4.26. The number of aryl methyl sites for hydroxylation is 2. The van der Waals surface area contributed by atoms with Gasteiger partial charge in [0.2, 0.25) is 0 Å². The summed E-state index contributed by atoms with van der Waals surface area (Å²) in [6.07, 6.45) is 2.06. The van der Waals surface area contributed by atoms with Gasteiger partial charge in [-0.25, -0.2) is 0 Å². The summed E-state index contributed by atoms with van der Waals surface area (Å²) in [6, 6.07) is 34.4. The number of nitriles is 1. The number of pyridine rings is 1. The van der Waals surface area contributed by atoms with E-state index < -0.39 is 13.3 Å². The van der Waals surface area contributed by atoms with Gasteiger partial charge in [-0.1, -0.05) is 0 Å². The van der Waals surface area contributed by atoms with Crippen molar-refractivity contribution in [3.8, 4) is 39.6 Å². The third-order valence-corrected chi connectivity index (χ3v) is 11.9. The molecule has 2 aromatic heterocycles. The second-order valence-electron chi connectivity index (χ2n) is 11.3. The van der Waals surface area contributed by atoms with Gasteiger partial charge in [0.05, 0.1) is 0 Å². The molecule has 0 spiro atoms. The van der Waals surface area contributed by atoms with E-state index in [1.165, 1.54) is 9.96 Å². The van der Waals surface area contributed by atoms with Crippen LogP contribution in [0.25, 0.3) is 55.4 Å². The first kappa shape index (κ1) is 25.2. The minimum atomic E-state index is -2.45. The first-order valence-electron chi connectivity index (χ1n) is 13.3. The summed E-state index contributed by atoms with van der Waals surface area (Å²) in [5.41, 5.74) is 10.0. The van der Waals surface area contributed by atoms with E-state index in [9.17, 15) is 5.26 Å². The molecule has 0 unspecified atom stereocenters. The Kier molecular flexibility index (Phi) is 6.16. The van der Waals surface area contributed by atoms with E-state index in [1.807, 2.05) is 12.1 Å². The first-order valence-corrected chi connectivity index (χ1v) is 20.7. The van der Waals surface area contributed by atoms with Crippen molar-refractivity contribution in [3.05, 3.63) is 108 Å². The number of fused-ring (bicyclic) bond motifs is 3. The van der Waals surface area contributed by atoms with Crippen LogP contribution in [-0.2, 0) is 7.05 Å². The minimum absolute atomic E-state index is 0.755. The average molecular weight is 568 g/mol. The van der Waals surface area contributed by atoms with Gasteiger partial charge in [-0.2, -0.15) is 0 Å². The van der Waals surface area contributed by atoms with Crippen LogP contribution in [-0.4, -0.2) is 13.3 Å². The normalized spacial score (nSPS) is 11.7. The van der Waals surface area contributed by atoms with E-state index in [2.05, 4.69) is 127 Å². The molecule has 0 amide bonds. The van der Waals surface area contributed by atoms with Crippen LogP contribution in [0.1, 0.15) is 11.1 Å². The van der Waals surface area contributed by atoms with Crippen LogP contribution >= 0.6 is 0 Å². The number of furan rings is 1. The summed E-state index contributed by atoms with van der Waals surface area (Å²) in [6.45, 7) is 2.13. The van der Waals surface area contributed by atoms with E-state index in [0.717, 1.165) is 61.0 Å². The van der Waals surface area contributed by atoms with Crippen molar-refractivity contribution in [1.29, 1.82) is 5.26 Å². The van der Waals surface area contributed by atoms with Crippen molar-refractivity contribution in [2.75, 3.05) is 0 Å². The van der Waals surface area contributed by atoms with Crippen molar-refractivity contribution >= 4 is 39.6 Å². The van der Waals surface area contributed by atoms with Crippen molar-refractivity contribution in [3.63, 3.8) is 0 Å². The summed E-state index contributed by atoms with van der Waals surface area (Å²) in [4.78, 5) is 0. The SMILES string of the molecule is Cc1ccc2c(oc3c(-c4ccc(-c5ccccc5)cc4)c(C#N)[c]([Ge]([CH3])([CH3])[CH3])cc32)c1-c1cccc[n+]1C. The summed E-state index contributed by atoms with van der Waals surface area (Å²) in [5, 5.41) is 12.7. The van der Waals surface area contributed by atoms with Crippen LogP contribution in [0.3, 0.4) is 0 Å². The molecule has 0 aliphatic carbocycles. The molecule has 190 valence electrons. The molecule has 0 N–H and O–H groups in total. The van der Waals surface area contributed by atoms with E-state index in [1.54, 1.807) is 0 Å². The number of benzene rings is 4. The fourth-order valence-corrected chi connectivity index (χ4v) is 8.78. The first-order chi connectivity index (χ1) is 18.8. The Hall–Kier alpha value is -4.14. The summed E-state index contributed by atoms with van der Waals surface area (Å²) >= 11 is -2.45. The van der Waals surface area contributed by atoms with Gasteiger partial charge in [0, 0.05) is 0 Å². The molecule has 6 aromatic rings. The van der Waals surface area contributed by atoms with E-state index in [0.29, 0.717) is 0 Å². The predicted molar refractivity (Wildman–Crippen MR) is 164 cm³/mol. The van der Waals surface area contributed by atoms with Crippen LogP contribution in [0.5, 0.6) is 0 Å². The molecule has 0 bridgehead atoms. The van der Waals surface area contributed by atoms with Crippen LogP contribution in [0.15, 0.2) is 102 Å². The number of hydrogen-bond acceptors (Lipinski definition) is 2. The van der Waals surface area contributed by atoms with Crippen LogP contribution in [0.4, 0.5) is 0 Å². The molecule has 0 saturated carbocycles. The van der Waals surface area contributed by atoms with Crippen molar-refractivity contribution < 1.29 is 8.98 Å². The Morgan fingerprint density at radius 3 is 2.03 bits per heavy atom. The van der Waals surface area contributed by atoms with Gasteiger partial charge in [-0.15, -0.1) is 0 Å². The summed E-state index contributed by atoms with van der Waals surface area (Å²) < 4.78 is 10.2. The molecular formula is C35H31GeN2O+. The van der Waals surface area contributed by atoms with Crippen molar-refractivity contribution in [1.82, 2.24) is 0 Å². The standard InChI is InChI=1S/C35H31GeN2O/c1-23-14-19-27-28-21-30(36(2,3)4)29(22-37)33(26-17-15-25(16-18-26)24-11-7-6-8-12-24)35(28)39-34(27)32(23)31-13-9-10-20-38(31)5/h6-21H,1-5H3/q+1. The zero-order valence-corrected chi connectivity index (χ0v) is 25.1. The van der Waals surface area contributed by atoms with Gasteiger partial charge < -0.3 is 0 Å². The Labute approximate surface area is 232 Å². The third-order valence-electron chi connectivity index (χ3n) is 7.65. The number of aromatic nitrogens is 1. The molecule has 0 aliphatic rings. The molecule has 0 atom stereocenters. The van der Waals surface area contributed by atoms with E-state index >= 15 is 0 Å². The molecule has 3 nitrogen and oxygen atoms in total. The molecule has 39 heavy (non-hydrogen) atoms. The van der Waals surface area contributed by atoms with Crippen LogP contribution in [0, 0.1) is 18.3 Å². The quantitative estimate of drug-likeness (QED) is 0.159. The molecule has 0 aliphatic heterocycles. The summed E-state index contributed by atoms with van der Waals surface area (Å²) in [5.74, 6) is 7.06. The van der Waals surface area contributed by atoms with Gasteiger partial charge in [-0.05, 0) is 0 Å². The maximum atomic E-state index is 10.5. The average Bonchev–Trinajstić information content (AvgIpc) is 3.31. The monoisotopic (exact) mass is 569 g/mol. The molecule has 4 heteroatoms. The molecule has 0 fully saturated rings. The zero-order valence-electron chi connectivity index (χ0n) is 23.0. The number of nitrogens with zero attached hydrogens (tertiary/aromatic N) is 2. The molecular weight excluding hydrogens is 537 g/mol. The van der Waals surface area contributed by atoms with E-state index in [4.69, 9.17) is 4.42 Å². The molecule has 4 aromatic carbocycles. The Balaban J connectivity index is 1.70. The Morgan fingerprint density at radius 1 is 0.718 bits per heavy atom. The number of rotatable bonds is 4. The van der Waals surface area contributed by atoms with Crippen molar-refractivity contribution in [2.24, 2.45) is 7.05 Å². The van der Waals surface area contributed by atoms with Gasteiger partial charge >= 0.3 is 233 Å². The summed E-state index contributed by atoms with van der Waals surface area (Å²) in [7, 11) is 2.06. The Morgan fingerprint density at radius 2 is 1.36 bits per heavy atom. The van der Waals surface area contributed by atoms with Gasteiger partial charge in [0.15, 0.2) is 0 Å². The second-order valence-corrected chi connectivity index (χ2v) is 21.9. The fourth-order valence-electron chi connectivity index (χ4n) is 5.62. The van der Waals surface area contributed by atoms with Gasteiger partial charge in [0.1, 0.15) is 0 Å². The molecule has 0 saturated heterocycles.